The van der Waals surface area contributed by atoms with Gasteiger partial charge in [0.05, 0.1) is 12.5 Å². The highest BCUT2D eigenvalue weighted by Gasteiger charge is 2.53. The highest BCUT2D eigenvalue weighted by Crippen LogP contribution is 2.55. The van der Waals surface area contributed by atoms with Crippen LogP contribution in [0.5, 0.6) is 5.75 Å². The first kappa shape index (κ1) is 19.0. The number of hydrogen-bond acceptors (Lipinski definition) is 3. The normalized spacial score (nSPS) is 18.2. The van der Waals surface area contributed by atoms with Gasteiger partial charge in [-0.1, -0.05) is 37.1 Å². The summed E-state index contributed by atoms with van der Waals surface area (Å²) in [5, 5.41) is 2.26. The van der Waals surface area contributed by atoms with Crippen LogP contribution in [0.3, 0.4) is 0 Å². The summed E-state index contributed by atoms with van der Waals surface area (Å²) in [6, 6.07) is 12.2. The summed E-state index contributed by atoms with van der Waals surface area (Å²) in [5.41, 5.74) is 0.882. The van der Waals surface area contributed by atoms with Crippen molar-refractivity contribution >= 4 is 22.6 Å². The van der Waals surface area contributed by atoms with Crippen LogP contribution in [0.2, 0.25) is 0 Å². The zero-order valence-electron chi connectivity index (χ0n) is 16.9. The Kier molecular flexibility index (Phi) is 5.13. The molecule has 4 nitrogen and oxygen atoms in total. The summed E-state index contributed by atoms with van der Waals surface area (Å²) in [6.07, 6.45) is 7.17. The molecule has 0 heterocycles. The molecule has 2 aliphatic carbocycles. The fourth-order valence-electron chi connectivity index (χ4n) is 4.88. The molecule has 0 bridgehead atoms. The molecule has 2 aliphatic rings. The first-order valence-corrected chi connectivity index (χ1v) is 10.4. The molecule has 0 aromatic heterocycles. The van der Waals surface area contributed by atoms with Gasteiger partial charge < -0.3 is 4.74 Å². The number of ether oxygens (including phenoxy) is 1. The predicted octanol–water partition coefficient (Wildman–Crippen LogP) is 4.74. The van der Waals surface area contributed by atoms with E-state index in [2.05, 4.69) is 12.1 Å². The van der Waals surface area contributed by atoms with Gasteiger partial charge in [0.2, 0.25) is 11.8 Å². The molecule has 0 atom stereocenters. The fourth-order valence-corrected chi connectivity index (χ4v) is 4.88. The van der Waals surface area contributed by atoms with Crippen molar-refractivity contribution in [2.45, 2.75) is 51.9 Å². The molecule has 2 amide bonds. The van der Waals surface area contributed by atoms with E-state index < -0.39 is 0 Å². The van der Waals surface area contributed by atoms with E-state index in [-0.39, 0.29) is 17.2 Å². The number of carbonyl (C=O) groups excluding carboxylic acids is 2. The quantitative estimate of drug-likeness (QED) is 0.728. The lowest BCUT2D eigenvalue weighted by Crippen LogP contribution is -2.55. The number of imide groups is 1. The second-order valence-electron chi connectivity index (χ2n) is 8.37. The highest BCUT2D eigenvalue weighted by atomic mass is 16.5. The molecule has 0 saturated heterocycles. The summed E-state index contributed by atoms with van der Waals surface area (Å²) in [7, 11) is 1.67. The number of benzene rings is 2. The Morgan fingerprint density at radius 1 is 1.14 bits per heavy atom. The first-order valence-electron chi connectivity index (χ1n) is 10.4. The second-order valence-corrected chi connectivity index (χ2v) is 8.37. The lowest BCUT2D eigenvalue weighted by Gasteiger charge is -2.51. The molecule has 2 saturated carbocycles. The van der Waals surface area contributed by atoms with Gasteiger partial charge in [-0.2, -0.15) is 0 Å². The SMILES string of the molecule is COc1ccc2cccc(CCN(C(C)=O)C(=O)C3(C4CCC4)CCC3)c2c1. The molecule has 28 heavy (non-hydrogen) atoms. The van der Waals surface area contributed by atoms with E-state index in [9.17, 15) is 9.59 Å². The van der Waals surface area contributed by atoms with Crippen molar-refractivity contribution in [3.05, 3.63) is 42.0 Å². The standard InChI is InChI=1S/C24H29NO3/c1-17(26)25(23(27)24(13-5-14-24)20-8-4-9-20)15-12-19-7-3-6-18-10-11-21(28-2)16-22(18)19/h3,6-7,10-11,16,20H,4-5,8-9,12-15H2,1-2H3. The van der Waals surface area contributed by atoms with Crippen LogP contribution < -0.4 is 4.74 Å². The smallest absolute Gasteiger partial charge is 0.235 e. The number of carbonyl (C=O) groups is 2. The van der Waals surface area contributed by atoms with Crippen molar-refractivity contribution in [2.24, 2.45) is 11.3 Å². The summed E-state index contributed by atoms with van der Waals surface area (Å²) >= 11 is 0. The van der Waals surface area contributed by atoms with Crippen molar-refractivity contribution in [3.8, 4) is 5.75 Å². The van der Waals surface area contributed by atoms with Gasteiger partial charge in [-0.25, -0.2) is 0 Å². The zero-order valence-corrected chi connectivity index (χ0v) is 16.9. The number of amides is 2. The van der Waals surface area contributed by atoms with Crippen molar-refractivity contribution in [3.63, 3.8) is 0 Å². The molecule has 4 heteroatoms. The Morgan fingerprint density at radius 2 is 1.93 bits per heavy atom. The van der Waals surface area contributed by atoms with Gasteiger partial charge in [0.25, 0.3) is 0 Å². The maximum Gasteiger partial charge on any atom is 0.235 e. The molecule has 148 valence electrons. The van der Waals surface area contributed by atoms with E-state index >= 15 is 0 Å². The molecule has 0 N–H and O–H groups in total. The van der Waals surface area contributed by atoms with Gasteiger partial charge in [0.1, 0.15) is 5.75 Å². The van der Waals surface area contributed by atoms with Crippen LogP contribution in [0.25, 0.3) is 10.8 Å². The minimum absolute atomic E-state index is 0.0776. The predicted molar refractivity (Wildman–Crippen MR) is 110 cm³/mol. The molecule has 2 aromatic carbocycles. The van der Waals surface area contributed by atoms with Crippen LogP contribution in [0.4, 0.5) is 0 Å². The molecule has 2 aromatic rings. The minimum Gasteiger partial charge on any atom is -0.497 e. The molecule has 4 rings (SSSR count). The zero-order chi connectivity index (χ0) is 19.7. The fraction of sp³-hybridized carbons (Fsp3) is 0.500. The molecular formula is C24H29NO3. The van der Waals surface area contributed by atoms with Crippen LogP contribution in [-0.4, -0.2) is 30.4 Å². The summed E-state index contributed by atoms with van der Waals surface area (Å²) < 4.78 is 5.37. The van der Waals surface area contributed by atoms with Crippen LogP contribution in [0, 0.1) is 11.3 Å². The van der Waals surface area contributed by atoms with Crippen molar-refractivity contribution in [1.29, 1.82) is 0 Å². The van der Waals surface area contributed by atoms with E-state index in [1.54, 1.807) is 7.11 Å². The van der Waals surface area contributed by atoms with Crippen molar-refractivity contribution < 1.29 is 14.3 Å². The van der Waals surface area contributed by atoms with Gasteiger partial charge in [-0.3, -0.25) is 14.5 Å². The number of methoxy groups -OCH3 is 1. The van der Waals surface area contributed by atoms with Gasteiger partial charge in [-0.05, 0) is 66.5 Å². The largest absolute Gasteiger partial charge is 0.497 e. The molecule has 0 spiro atoms. The summed E-state index contributed by atoms with van der Waals surface area (Å²) in [5.74, 6) is 1.25. The minimum atomic E-state index is -0.258. The average molecular weight is 380 g/mol. The van der Waals surface area contributed by atoms with E-state index in [4.69, 9.17) is 4.74 Å². The van der Waals surface area contributed by atoms with E-state index in [0.717, 1.165) is 54.2 Å². The van der Waals surface area contributed by atoms with Gasteiger partial charge in [0.15, 0.2) is 0 Å². The Balaban J connectivity index is 1.56. The van der Waals surface area contributed by atoms with E-state index in [0.29, 0.717) is 18.9 Å². The second kappa shape index (κ2) is 7.57. The highest BCUT2D eigenvalue weighted by molar-refractivity contribution is 5.98. The van der Waals surface area contributed by atoms with Crippen LogP contribution in [-0.2, 0) is 16.0 Å². The maximum atomic E-state index is 13.4. The van der Waals surface area contributed by atoms with Gasteiger partial charge in [0, 0.05) is 13.5 Å². The van der Waals surface area contributed by atoms with Crippen LogP contribution in [0.1, 0.15) is 51.0 Å². The monoisotopic (exact) mass is 379 g/mol. The number of hydrogen-bond donors (Lipinski definition) is 0. The summed E-state index contributed by atoms with van der Waals surface area (Å²) in [4.78, 5) is 27.3. The lowest BCUT2D eigenvalue weighted by molar-refractivity contribution is -0.161. The lowest BCUT2D eigenvalue weighted by atomic mass is 9.54. The third-order valence-electron chi connectivity index (χ3n) is 6.97. The van der Waals surface area contributed by atoms with Gasteiger partial charge in [-0.15, -0.1) is 0 Å². The molecule has 0 unspecified atom stereocenters. The van der Waals surface area contributed by atoms with E-state index in [1.807, 2.05) is 24.3 Å². The number of fused-ring (bicyclic) bond motifs is 1. The Morgan fingerprint density at radius 3 is 2.50 bits per heavy atom. The average Bonchev–Trinajstić information content (AvgIpc) is 2.62. The Bertz CT molecular complexity index is 896. The van der Waals surface area contributed by atoms with Crippen molar-refractivity contribution in [1.82, 2.24) is 4.90 Å². The third-order valence-corrected chi connectivity index (χ3v) is 6.97. The maximum absolute atomic E-state index is 13.4. The van der Waals surface area contributed by atoms with Crippen LogP contribution >= 0.6 is 0 Å². The Hall–Kier alpha value is -2.36. The molecule has 0 radical (unpaired) electrons. The molecular weight excluding hydrogens is 350 g/mol. The summed E-state index contributed by atoms with van der Waals surface area (Å²) in [6.45, 7) is 1.97. The van der Waals surface area contributed by atoms with E-state index in [1.165, 1.54) is 18.2 Å². The first-order chi connectivity index (χ1) is 13.5. The van der Waals surface area contributed by atoms with Crippen LogP contribution in [0.15, 0.2) is 36.4 Å². The molecule has 0 aliphatic heterocycles. The number of nitrogens with zero attached hydrogens (tertiary/aromatic N) is 1. The Labute approximate surface area is 166 Å². The third kappa shape index (κ3) is 3.19. The van der Waals surface area contributed by atoms with Gasteiger partial charge >= 0.3 is 0 Å². The molecule has 2 fully saturated rings. The van der Waals surface area contributed by atoms with Crippen molar-refractivity contribution in [2.75, 3.05) is 13.7 Å². The number of rotatable bonds is 6. The topological polar surface area (TPSA) is 46.6 Å².